The van der Waals surface area contributed by atoms with Gasteiger partial charge in [-0.2, -0.15) is 0 Å². The SMILES string of the molecule is CCN(CC)C(C)(C)C(N)C1CCCCC1. The standard InChI is InChI=1S/C14H30N2/c1-5-16(6-2)14(3,4)13(15)12-10-8-7-9-11-12/h12-13H,5-11,15H2,1-4H3. The molecule has 1 aliphatic carbocycles. The van der Waals surface area contributed by atoms with Crippen molar-refractivity contribution in [3.8, 4) is 0 Å². The fraction of sp³-hybridized carbons (Fsp3) is 1.00. The summed E-state index contributed by atoms with van der Waals surface area (Å²) >= 11 is 0. The Morgan fingerprint density at radius 1 is 1.12 bits per heavy atom. The lowest BCUT2D eigenvalue weighted by Crippen LogP contribution is -2.59. The maximum absolute atomic E-state index is 6.54. The Morgan fingerprint density at radius 3 is 2.06 bits per heavy atom. The van der Waals surface area contributed by atoms with Gasteiger partial charge in [-0.1, -0.05) is 33.1 Å². The smallest absolute Gasteiger partial charge is 0.0306 e. The summed E-state index contributed by atoms with van der Waals surface area (Å²) in [6, 6.07) is 0.327. The van der Waals surface area contributed by atoms with E-state index in [9.17, 15) is 0 Å². The molecule has 0 heterocycles. The molecule has 0 radical (unpaired) electrons. The first kappa shape index (κ1) is 14.0. The average Bonchev–Trinajstić information content (AvgIpc) is 2.30. The molecule has 16 heavy (non-hydrogen) atoms. The summed E-state index contributed by atoms with van der Waals surface area (Å²) < 4.78 is 0. The van der Waals surface area contributed by atoms with Crippen molar-refractivity contribution in [3.63, 3.8) is 0 Å². The van der Waals surface area contributed by atoms with E-state index in [1.165, 1.54) is 32.1 Å². The molecule has 1 aliphatic rings. The van der Waals surface area contributed by atoms with Gasteiger partial charge in [-0.3, -0.25) is 4.90 Å². The Kier molecular flexibility index (Phi) is 5.26. The van der Waals surface area contributed by atoms with Gasteiger partial charge in [0, 0.05) is 11.6 Å². The zero-order valence-electron chi connectivity index (χ0n) is 11.6. The topological polar surface area (TPSA) is 29.3 Å². The quantitative estimate of drug-likeness (QED) is 0.781. The molecular weight excluding hydrogens is 196 g/mol. The fourth-order valence-corrected chi connectivity index (χ4v) is 3.32. The molecule has 1 rings (SSSR count). The first-order valence-electron chi connectivity index (χ1n) is 7.04. The lowest BCUT2D eigenvalue weighted by atomic mass is 9.76. The van der Waals surface area contributed by atoms with Crippen molar-refractivity contribution < 1.29 is 0 Å². The Labute approximate surface area is 102 Å². The van der Waals surface area contributed by atoms with E-state index in [-0.39, 0.29) is 5.54 Å². The molecule has 0 spiro atoms. The van der Waals surface area contributed by atoms with Gasteiger partial charge in [0.05, 0.1) is 0 Å². The zero-order valence-corrected chi connectivity index (χ0v) is 11.6. The number of likely N-dealkylation sites (N-methyl/N-ethyl adjacent to an activating group) is 1. The molecule has 1 saturated carbocycles. The second-order valence-corrected chi connectivity index (χ2v) is 5.75. The van der Waals surface area contributed by atoms with E-state index in [4.69, 9.17) is 5.73 Å². The van der Waals surface area contributed by atoms with Crippen LogP contribution in [0.3, 0.4) is 0 Å². The van der Waals surface area contributed by atoms with Gasteiger partial charge in [0.1, 0.15) is 0 Å². The Balaban J connectivity index is 2.64. The Bertz CT molecular complexity index is 191. The van der Waals surface area contributed by atoms with Crippen LogP contribution < -0.4 is 5.73 Å². The third-order valence-corrected chi connectivity index (χ3v) is 4.55. The van der Waals surface area contributed by atoms with E-state index in [0.717, 1.165) is 19.0 Å². The van der Waals surface area contributed by atoms with Crippen LogP contribution in [0.15, 0.2) is 0 Å². The zero-order chi connectivity index (χ0) is 12.2. The molecule has 1 fully saturated rings. The predicted octanol–water partition coefficient (Wildman–Crippen LogP) is 3.01. The summed E-state index contributed by atoms with van der Waals surface area (Å²) in [7, 11) is 0. The predicted molar refractivity (Wildman–Crippen MR) is 71.6 cm³/mol. The summed E-state index contributed by atoms with van der Waals surface area (Å²) in [5.41, 5.74) is 6.68. The average molecular weight is 226 g/mol. The van der Waals surface area contributed by atoms with Gasteiger partial charge in [0.15, 0.2) is 0 Å². The highest BCUT2D eigenvalue weighted by Crippen LogP contribution is 2.32. The van der Waals surface area contributed by atoms with Crippen LogP contribution in [0, 0.1) is 5.92 Å². The molecular formula is C14H30N2. The number of hydrogen-bond donors (Lipinski definition) is 1. The summed E-state index contributed by atoms with van der Waals surface area (Å²) in [6.07, 6.45) is 6.85. The molecule has 0 aliphatic heterocycles. The third kappa shape index (κ3) is 2.98. The van der Waals surface area contributed by atoms with E-state index in [1.54, 1.807) is 0 Å². The highest BCUT2D eigenvalue weighted by molar-refractivity contribution is 4.95. The van der Waals surface area contributed by atoms with E-state index >= 15 is 0 Å². The number of nitrogens with zero attached hydrogens (tertiary/aromatic N) is 1. The van der Waals surface area contributed by atoms with Crippen molar-refractivity contribution in [2.45, 2.75) is 71.4 Å². The maximum atomic E-state index is 6.54. The molecule has 0 saturated heterocycles. The molecule has 0 aromatic rings. The molecule has 2 N–H and O–H groups in total. The normalized spacial score (nSPS) is 21.4. The van der Waals surface area contributed by atoms with Crippen LogP contribution in [-0.4, -0.2) is 29.6 Å². The molecule has 2 heteroatoms. The van der Waals surface area contributed by atoms with Crippen molar-refractivity contribution >= 4 is 0 Å². The van der Waals surface area contributed by atoms with Crippen molar-refractivity contribution in [1.29, 1.82) is 0 Å². The van der Waals surface area contributed by atoms with Crippen molar-refractivity contribution in [3.05, 3.63) is 0 Å². The fourth-order valence-electron chi connectivity index (χ4n) is 3.32. The molecule has 0 aromatic carbocycles. The molecule has 1 unspecified atom stereocenters. The van der Waals surface area contributed by atoms with Crippen molar-refractivity contribution in [1.82, 2.24) is 4.90 Å². The van der Waals surface area contributed by atoms with Gasteiger partial charge in [-0.15, -0.1) is 0 Å². The minimum Gasteiger partial charge on any atom is -0.326 e. The lowest BCUT2D eigenvalue weighted by molar-refractivity contribution is 0.0725. The van der Waals surface area contributed by atoms with Crippen LogP contribution in [0.4, 0.5) is 0 Å². The van der Waals surface area contributed by atoms with Crippen LogP contribution in [0.1, 0.15) is 59.8 Å². The molecule has 1 atom stereocenters. The van der Waals surface area contributed by atoms with Gasteiger partial charge in [-0.25, -0.2) is 0 Å². The van der Waals surface area contributed by atoms with Crippen LogP contribution in [-0.2, 0) is 0 Å². The molecule has 96 valence electrons. The van der Waals surface area contributed by atoms with Crippen LogP contribution in [0.25, 0.3) is 0 Å². The maximum Gasteiger partial charge on any atom is 0.0306 e. The van der Waals surface area contributed by atoms with Gasteiger partial charge in [0.2, 0.25) is 0 Å². The largest absolute Gasteiger partial charge is 0.326 e. The summed E-state index contributed by atoms with van der Waals surface area (Å²) in [6.45, 7) is 11.3. The first-order valence-corrected chi connectivity index (χ1v) is 7.04. The van der Waals surface area contributed by atoms with E-state index in [0.29, 0.717) is 6.04 Å². The number of nitrogens with two attached hydrogens (primary N) is 1. The minimum absolute atomic E-state index is 0.144. The van der Waals surface area contributed by atoms with E-state index in [2.05, 4.69) is 32.6 Å². The molecule has 0 bridgehead atoms. The highest BCUT2D eigenvalue weighted by Gasteiger charge is 2.36. The second-order valence-electron chi connectivity index (χ2n) is 5.75. The minimum atomic E-state index is 0.144. The summed E-state index contributed by atoms with van der Waals surface area (Å²) in [5, 5.41) is 0. The van der Waals surface area contributed by atoms with E-state index < -0.39 is 0 Å². The summed E-state index contributed by atoms with van der Waals surface area (Å²) in [4.78, 5) is 2.51. The summed E-state index contributed by atoms with van der Waals surface area (Å²) in [5.74, 6) is 0.740. The highest BCUT2D eigenvalue weighted by atomic mass is 15.2. The molecule has 0 amide bonds. The van der Waals surface area contributed by atoms with Gasteiger partial charge < -0.3 is 5.73 Å². The number of hydrogen-bond acceptors (Lipinski definition) is 2. The molecule has 0 aromatic heterocycles. The van der Waals surface area contributed by atoms with Gasteiger partial charge in [0.25, 0.3) is 0 Å². The van der Waals surface area contributed by atoms with Gasteiger partial charge in [-0.05, 0) is 45.7 Å². The number of rotatable bonds is 5. The van der Waals surface area contributed by atoms with Crippen LogP contribution in [0.5, 0.6) is 0 Å². The first-order chi connectivity index (χ1) is 7.54. The van der Waals surface area contributed by atoms with Crippen LogP contribution >= 0.6 is 0 Å². The molecule has 2 nitrogen and oxygen atoms in total. The monoisotopic (exact) mass is 226 g/mol. The van der Waals surface area contributed by atoms with Crippen molar-refractivity contribution in [2.75, 3.05) is 13.1 Å². The Hall–Kier alpha value is -0.0800. The second kappa shape index (κ2) is 6.02. The van der Waals surface area contributed by atoms with E-state index in [1.807, 2.05) is 0 Å². The van der Waals surface area contributed by atoms with Crippen LogP contribution in [0.2, 0.25) is 0 Å². The van der Waals surface area contributed by atoms with Crippen molar-refractivity contribution in [2.24, 2.45) is 11.7 Å². The third-order valence-electron chi connectivity index (χ3n) is 4.55. The lowest BCUT2D eigenvalue weighted by Gasteiger charge is -2.45. The van der Waals surface area contributed by atoms with Gasteiger partial charge >= 0.3 is 0 Å². The Morgan fingerprint density at radius 2 is 1.62 bits per heavy atom.